The second kappa shape index (κ2) is 11.4. The Bertz CT molecular complexity index is 1830. The third-order valence-corrected chi connectivity index (χ3v) is 8.35. The Balaban J connectivity index is 1.46. The standard InChI is InChI=1S/C29H25N3O6S2/c1-4-37-28(35)22-16(3)24(29(36)38-5-2)40-26(22)31-21(33)13-32-15-30-25-23(27(32)34)20(14-39-25)19-11-10-17-8-6-7-9-18(17)12-19/h6-12,14-15H,4-5,13H2,1-3H3,(H,31,33). The molecule has 0 fully saturated rings. The summed E-state index contributed by atoms with van der Waals surface area (Å²) in [6.45, 7) is 4.88. The lowest BCUT2D eigenvalue weighted by molar-refractivity contribution is -0.116. The number of nitrogens with one attached hydrogen (secondary N) is 1. The molecule has 0 aliphatic rings. The number of hydrogen-bond acceptors (Lipinski definition) is 9. The van der Waals surface area contributed by atoms with Crippen molar-refractivity contribution < 1.29 is 23.9 Å². The summed E-state index contributed by atoms with van der Waals surface area (Å²) in [6, 6.07) is 14.0. The van der Waals surface area contributed by atoms with Crippen LogP contribution in [-0.2, 0) is 20.8 Å². The van der Waals surface area contributed by atoms with Crippen LogP contribution >= 0.6 is 22.7 Å². The molecule has 11 heteroatoms. The van der Waals surface area contributed by atoms with Crippen LogP contribution in [0, 0.1) is 6.92 Å². The van der Waals surface area contributed by atoms with Gasteiger partial charge in [-0.25, -0.2) is 14.6 Å². The Kier molecular flexibility index (Phi) is 7.76. The Hall–Kier alpha value is -4.35. The number of benzene rings is 2. The van der Waals surface area contributed by atoms with E-state index >= 15 is 0 Å². The van der Waals surface area contributed by atoms with Gasteiger partial charge in [-0.3, -0.25) is 14.2 Å². The van der Waals surface area contributed by atoms with Crippen molar-refractivity contribution in [3.63, 3.8) is 0 Å². The highest BCUT2D eigenvalue weighted by Crippen LogP contribution is 2.35. The number of anilines is 1. The summed E-state index contributed by atoms with van der Waals surface area (Å²) in [5, 5.41) is 7.30. The number of carbonyl (C=O) groups is 3. The first kappa shape index (κ1) is 27.2. The van der Waals surface area contributed by atoms with E-state index < -0.39 is 17.8 Å². The fourth-order valence-electron chi connectivity index (χ4n) is 4.41. The second-order valence-corrected chi connectivity index (χ2v) is 10.7. The highest BCUT2D eigenvalue weighted by atomic mass is 32.1. The lowest BCUT2D eigenvalue weighted by Crippen LogP contribution is -2.28. The number of amides is 1. The van der Waals surface area contributed by atoms with Crippen LogP contribution in [0.3, 0.4) is 0 Å². The fourth-order valence-corrected chi connectivity index (χ4v) is 6.42. The number of hydrogen-bond donors (Lipinski definition) is 1. The van der Waals surface area contributed by atoms with Gasteiger partial charge >= 0.3 is 11.9 Å². The topological polar surface area (TPSA) is 117 Å². The van der Waals surface area contributed by atoms with Crippen LogP contribution in [0.4, 0.5) is 5.00 Å². The smallest absolute Gasteiger partial charge is 0.348 e. The Morgan fingerprint density at radius 2 is 1.73 bits per heavy atom. The van der Waals surface area contributed by atoms with Crippen LogP contribution in [0.2, 0.25) is 0 Å². The van der Waals surface area contributed by atoms with Gasteiger partial charge in [-0.05, 0) is 48.7 Å². The monoisotopic (exact) mass is 575 g/mol. The van der Waals surface area contributed by atoms with Crippen LogP contribution in [0.25, 0.3) is 32.1 Å². The lowest BCUT2D eigenvalue weighted by atomic mass is 10.0. The normalized spacial score (nSPS) is 11.1. The molecule has 40 heavy (non-hydrogen) atoms. The van der Waals surface area contributed by atoms with Gasteiger partial charge in [0.1, 0.15) is 21.3 Å². The van der Waals surface area contributed by atoms with Crippen LogP contribution in [-0.4, -0.2) is 40.6 Å². The van der Waals surface area contributed by atoms with Gasteiger partial charge < -0.3 is 14.8 Å². The van der Waals surface area contributed by atoms with E-state index in [1.807, 2.05) is 47.8 Å². The number of nitrogens with zero attached hydrogens (tertiary/aromatic N) is 2. The third kappa shape index (κ3) is 5.13. The van der Waals surface area contributed by atoms with Gasteiger partial charge in [0, 0.05) is 10.9 Å². The molecule has 1 amide bonds. The van der Waals surface area contributed by atoms with Crippen molar-refractivity contribution in [1.82, 2.24) is 9.55 Å². The average molecular weight is 576 g/mol. The first-order valence-corrected chi connectivity index (χ1v) is 14.2. The molecule has 0 aliphatic carbocycles. The molecule has 0 bridgehead atoms. The van der Waals surface area contributed by atoms with Gasteiger partial charge in [-0.1, -0.05) is 36.4 Å². The molecule has 0 atom stereocenters. The van der Waals surface area contributed by atoms with Crippen molar-refractivity contribution in [2.45, 2.75) is 27.3 Å². The fraction of sp³-hybridized carbons (Fsp3) is 0.207. The molecular formula is C29H25N3O6S2. The summed E-state index contributed by atoms with van der Waals surface area (Å²) in [4.78, 5) is 56.9. The highest BCUT2D eigenvalue weighted by molar-refractivity contribution is 7.18. The van der Waals surface area contributed by atoms with Gasteiger partial charge in [0.15, 0.2) is 0 Å². The number of aromatic nitrogens is 2. The van der Waals surface area contributed by atoms with E-state index in [4.69, 9.17) is 9.47 Å². The van der Waals surface area contributed by atoms with Crippen LogP contribution < -0.4 is 10.9 Å². The van der Waals surface area contributed by atoms with E-state index in [-0.39, 0.29) is 40.8 Å². The molecule has 5 aromatic rings. The molecule has 204 valence electrons. The molecular weight excluding hydrogens is 550 g/mol. The number of ether oxygens (including phenoxy) is 2. The summed E-state index contributed by atoms with van der Waals surface area (Å²) in [6.07, 6.45) is 1.33. The highest BCUT2D eigenvalue weighted by Gasteiger charge is 2.27. The average Bonchev–Trinajstić information content (AvgIpc) is 3.51. The summed E-state index contributed by atoms with van der Waals surface area (Å²) < 4.78 is 11.5. The molecule has 0 spiro atoms. The van der Waals surface area contributed by atoms with E-state index in [1.54, 1.807) is 20.8 Å². The Morgan fingerprint density at radius 1 is 1.00 bits per heavy atom. The van der Waals surface area contributed by atoms with Crippen molar-refractivity contribution in [1.29, 1.82) is 0 Å². The van der Waals surface area contributed by atoms with E-state index in [0.717, 1.165) is 33.2 Å². The van der Waals surface area contributed by atoms with Gasteiger partial charge in [-0.15, -0.1) is 22.7 Å². The number of esters is 2. The Morgan fingerprint density at radius 3 is 2.48 bits per heavy atom. The summed E-state index contributed by atoms with van der Waals surface area (Å²) in [5.41, 5.74) is 1.71. The van der Waals surface area contributed by atoms with Crippen molar-refractivity contribution in [2.75, 3.05) is 18.5 Å². The molecule has 0 saturated heterocycles. The molecule has 1 N–H and O–H groups in total. The maximum absolute atomic E-state index is 13.5. The van der Waals surface area contributed by atoms with Crippen LogP contribution in [0.1, 0.15) is 39.4 Å². The predicted molar refractivity (Wildman–Crippen MR) is 156 cm³/mol. The van der Waals surface area contributed by atoms with Crippen LogP contribution in [0.5, 0.6) is 0 Å². The van der Waals surface area contributed by atoms with Gasteiger partial charge in [-0.2, -0.15) is 0 Å². The van der Waals surface area contributed by atoms with Gasteiger partial charge in [0.05, 0.1) is 30.5 Å². The second-order valence-electron chi connectivity index (χ2n) is 8.82. The van der Waals surface area contributed by atoms with E-state index in [9.17, 15) is 19.2 Å². The van der Waals surface area contributed by atoms with Gasteiger partial charge in [0.25, 0.3) is 5.56 Å². The van der Waals surface area contributed by atoms with E-state index in [1.165, 1.54) is 22.2 Å². The van der Waals surface area contributed by atoms with Gasteiger partial charge in [0.2, 0.25) is 5.91 Å². The Labute approximate surface area is 237 Å². The molecule has 0 saturated carbocycles. The van der Waals surface area contributed by atoms with E-state index in [0.29, 0.717) is 15.8 Å². The molecule has 3 heterocycles. The molecule has 0 aliphatic heterocycles. The van der Waals surface area contributed by atoms with Crippen molar-refractivity contribution in [2.24, 2.45) is 0 Å². The molecule has 5 rings (SSSR count). The first-order chi connectivity index (χ1) is 19.3. The first-order valence-electron chi connectivity index (χ1n) is 12.6. The largest absolute Gasteiger partial charge is 0.462 e. The van der Waals surface area contributed by atoms with E-state index in [2.05, 4.69) is 10.3 Å². The summed E-state index contributed by atoms with van der Waals surface area (Å²) in [5.74, 6) is -1.82. The number of fused-ring (bicyclic) bond motifs is 2. The maximum atomic E-state index is 13.5. The minimum absolute atomic E-state index is 0.0839. The molecule has 2 aromatic carbocycles. The number of rotatable bonds is 8. The lowest BCUT2D eigenvalue weighted by Gasteiger charge is -2.09. The summed E-state index contributed by atoms with van der Waals surface area (Å²) >= 11 is 2.29. The van der Waals surface area contributed by atoms with Crippen molar-refractivity contribution in [3.8, 4) is 11.1 Å². The number of carbonyl (C=O) groups excluding carboxylic acids is 3. The zero-order valence-electron chi connectivity index (χ0n) is 22.0. The SMILES string of the molecule is CCOC(=O)c1sc(NC(=O)Cn2cnc3scc(-c4ccc5ccccc5c4)c3c2=O)c(C(=O)OCC)c1C. The minimum atomic E-state index is -0.666. The van der Waals surface area contributed by atoms with Crippen molar-refractivity contribution in [3.05, 3.63) is 80.5 Å². The zero-order valence-corrected chi connectivity index (χ0v) is 23.6. The number of thiophene rings is 2. The summed E-state index contributed by atoms with van der Waals surface area (Å²) in [7, 11) is 0. The predicted octanol–water partition coefficient (Wildman–Crippen LogP) is 5.64. The molecule has 3 aromatic heterocycles. The third-order valence-electron chi connectivity index (χ3n) is 6.28. The quantitative estimate of drug-likeness (QED) is 0.238. The van der Waals surface area contributed by atoms with Crippen LogP contribution in [0.15, 0.2) is 59.0 Å². The zero-order chi connectivity index (χ0) is 28.4. The molecule has 9 nitrogen and oxygen atoms in total. The minimum Gasteiger partial charge on any atom is -0.462 e. The van der Waals surface area contributed by atoms with Crippen molar-refractivity contribution >= 4 is 66.5 Å². The molecule has 0 radical (unpaired) electrons. The molecule has 0 unspecified atom stereocenters. The maximum Gasteiger partial charge on any atom is 0.348 e.